The maximum Gasteiger partial charge on any atom is 0.222 e. The Labute approximate surface area is 151 Å². The number of hydrogen-bond donors (Lipinski definition) is 0. The Morgan fingerprint density at radius 3 is 1.96 bits per heavy atom. The number of likely N-dealkylation sites (tertiary alicyclic amines) is 1. The largest absolute Gasteiger partial charge is 0.343 e. The lowest BCUT2D eigenvalue weighted by atomic mass is 10.1. The molecule has 0 atom stereocenters. The minimum Gasteiger partial charge on any atom is -0.343 e. The Morgan fingerprint density at radius 2 is 1.57 bits per heavy atom. The third-order valence-electron chi connectivity index (χ3n) is 2.92. The molecule has 0 radical (unpaired) electrons. The first-order valence-electron chi connectivity index (χ1n) is 8.85. The number of aryl methyl sites for hydroxylation is 1. The number of piperidine rings is 1. The van der Waals surface area contributed by atoms with Crippen LogP contribution < -0.4 is 0 Å². The van der Waals surface area contributed by atoms with Crippen LogP contribution in [0.15, 0.2) is 16.9 Å². The number of aromatic nitrogens is 2. The van der Waals surface area contributed by atoms with Crippen LogP contribution >= 0.6 is 15.9 Å². The smallest absolute Gasteiger partial charge is 0.222 e. The molecule has 1 amide bonds. The fraction of sp³-hybridized carbons (Fsp3) is 0.722. The molecule has 0 aromatic carbocycles. The quantitative estimate of drug-likeness (QED) is 0.682. The summed E-state index contributed by atoms with van der Waals surface area (Å²) in [7, 11) is 0. The topological polar surface area (TPSA) is 46.1 Å². The van der Waals surface area contributed by atoms with Gasteiger partial charge in [0, 0.05) is 31.9 Å². The number of carbonyl (C=O) groups excluding carboxylic acids is 1. The number of nitrogens with zero attached hydrogens (tertiary/aromatic N) is 3. The normalized spacial score (nSPS) is 12.6. The number of amides is 1. The fourth-order valence-electron chi connectivity index (χ4n) is 1.89. The van der Waals surface area contributed by atoms with E-state index in [-0.39, 0.29) is 0 Å². The molecule has 1 aromatic heterocycles. The van der Waals surface area contributed by atoms with Gasteiger partial charge in [0.1, 0.15) is 5.82 Å². The van der Waals surface area contributed by atoms with Gasteiger partial charge in [0.15, 0.2) is 0 Å². The van der Waals surface area contributed by atoms with Crippen LogP contribution in [0.5, 0.6) is 0 Å². The number of carbonyl (C=O) groups is 1. The Bertz CT molecular complexity index is 355. The van der Waals surface area contributed by atoms with Crippen LogP contribution in [0.1, 0.15) is 72.5 Å². The van der Waals surface area contributed by atoms with E-state index in [0.717, 1.165) is 36.2 Å². The second kappa shape index (κ2) is 17.4. The van der Waals surface area contributed by atoms with E-state index in [1.807, 2.05) is 39.5 Å². The minimum absolute atomic E-state index is 0.354. The molecular formula is C18H34BrN3O. The van der Waals surface area contributed by atoms with E-state index in [9.17, 15) is 4.79 Å². The zero-order chi connectivity index (χ0) is 18.1. The molecule has 4 nitrogen and oxygen atoms in total. The summed E-state index contributed by atoms with van der Waals surface area (Å²) in [6.45, 7) is 13.9. The van der Waals surface area contributed by atoms with E-state index < -0.39 is 0 Å². The summed E-state index contributed by atoms with van der Waals surface area (Å²) in [6.07, 6.45) is 8.88. The third-order valence-corrected chi connectivity index (χ3v) is 3.33. The molecule has 0 aliphatic carbocycles. The van der Waals surface area contributed by atoms with Gasteiger partial charge in [-0.1, -0.05) is 34.6 Å². The molecule has 2 heterocycles. The number of hydrogen-bond acceptors (Lipinski definition) is 3. The third kappa shape index (κ3) is 13.2. The Kier molecular flexibility index (Phi) is 18.4. The highest BCUT2D eigenvalue weighted by molar-refractivity contribution is 9.10. The fourth-order valence-corrected chi connectivity index (χ4v) is 2.10. The van der Waals surface area contributed by atoms with Crippen molar-refractivity contribution in [3.05, 3.63) is 22.7 Å². The highest BCUT2D eigenvalue weighted by Gasteiger charge is 2.14. The van der Waals surface area contributed by atoms with Gasteiger partial charge in [0.2, 0.25) is 5.91 Å². The van der Waals surface area contributed by atoms with Crippen molar-refractivity contribution in [2.75, 3.05) is 13.1 Å². The Hall–Kier alpha value is -0.970. The van der Waals surface area contributed by atoms with Crippen molar-refractivity contribution in [3.63, 3.8) is 0 Å². The standard InChI is InChI=1S/C9H17NO.C5H5BrN2.2C2H6/c1-2-6-9(11)10-7-4-3-5-8-10;1-4-7-2-5(6)3-8-4;2*1-2/h2-8H2,1H3;2-3H,1H3;2*1-2H3. The van der Waals surface area contributed by atoms with E-state index in [0.29, 0.717) is 5.91 Å². The maximum atomic E-state index is 11.3. The molecule has 0 N–H and O–H groups in total. The first-order valence-corrected chi connectivity index (χ1v) is 9.64. The lowest BCUT2D eigenvalue weighted by Gasteiger charge is -2.26. The first-order chi connectivity index (χ1) is 11.1. The molecule has 1 aliphatic heterocycles. The average Bonchev–Trinajstić information content (AvgIpc) is 2.62. The summed E-state index contributed by atoms with van der Waals surface area (Å²) >= 11 is 3.22. The van der Waals surface area contributed by atoms with Crippen molar-refractivity contribution in [2.45, 2.75) is 73.6 Å². The molecule has 2 rings (SSSR count). The van der Waals surface area contributed by atoms with Gasteiger partial charge in [0.25, 0.3) is 0 Å². The van der Waals surface area contributed by atoms with Crippen molar-refractivity contribution < 1.29 is 4.79 Å². The van der Waals surface area contributed by atoms with E-state index in [2.05, 4.69) is 32.8 Å². The molecule has 134 valence electrons. The predicted octanol–water partition coefficient (Wildman–Crippen LogP) is 5.40. The summed E-state index contributed by atoms with van der Waals surface area (Å²) in [5, 5.41) is 0. The molecule has 1 aromatic rings. The van der Waals surface area contributed by atoms with Crippen LogP contribution in [0, 0.1) is 6.92 Å². The molecule has 0 spiro atoms. The van der Waals surface area contributed by atoms with Crippen LogP contribution in [0.2, 0.25) is 0 Å². The van der Waals surface area contributed by atoms with Crippen molar-refractivity contribution in [1.82, 2.24) is 14.9 Å². The molecule has 0 unspecified atom stereocenters. The van der Waals surface area contributed by atoms with Crippen molar-refractivity contribution >= 4 is 21.8 Å². The summed E-state index contributed by atoms with van der Waals surface area (Å²) in [4.78, 5) is 21.2. The van der Waals surface area contributed by atoms with Gasteiger partial charge in [-0.25, -0.2) is 9.97 Å². The molecule has 23 heavy (non-hydrogen) atoms. The van der Waals surface area contributed by atoms with E-state index >= 15 is 0 Å². The van der Waals surface area contributed by atoms with Crippen molar-refractivity contribution in [2.24, 2.45) is 0 Å². The zero-order valence-electron chi connectivity index (χ0n) is 15.7. The molecule has 1 saturated heterocycles. The van der Waals surface area contributed by atoms with Gasteiger partial charge in [0.05, 0.1) is 4.47 Å². The Balaban J connectivity index is 0. The van der Waals surface area contributed by atoms with Gasteiger partial charge in [-0.15, -0.1) is 0 Å². The predicted molar refractivity (Wildman–Crippen MR) is 103 cm³/mol. The van der Waals surface area contributed by atoms with Crippen molar-refractivity contribution in [1.29, 1.82) is 0 Å². The molecule has 0 bridgehead atoms. The van der Waals surface area contributed by atoms with Gasteiger partial charge < -0.3 is 4.90 Å². The zero-order valence-corrected chi connectivity index (χ0v) is 17.3. The highest BCUT2D eigenvalue weighted by Crippen LogP contribution is 2.10. The number of halogens is 1. The summed E-state index contributed by atoms with van der Waals surface area (Å²) in [5.74, 6) is 1.15. The molecule has 0 saturated carbocycles. The van der Waals surface area contributed by atoms with Crippen molar-refractivity contribution in [3.8, 4) is 0 Å². The second-order valence-electron chi connectivity index (χ2n) is 4.64. The van der Waals surface area contributed by atoms with E-state index in [1.54, 1.807) is 12.4 Å². The monoisotopic (exact) mass is 387 g/mol. The first kappa shape index (κ1) is 24.3. The average molecular weight is 388 g/mol. The highest BCUT2D eigenvalue weighted by atomic mass is 79.9. The molecule has 5 heteroatoms. The van der Waals surface area contributed by atoms with Crippen LogP contribution in [0.4, 0.5) is 0 Å². The van der Waals surface area contributed by atoms with Gasteiger partial charge >= 0.3 is 0 Å². The SMILES string of the molecule is CC.CC.CCCC(=O)N1CCCCC1.Cc1ncc(Br)cn1. The van der Waals surface area contributed by atoms with Crippen LogP contribution in [0.3, 0.4) is 0 Å². The second-order valence-corrected chi connectivity index (χ2v) is 5.56. The van der Waals surface area contributed by atoms with Crippen LogP contribution in [-0.4, -0.2) is 33.9 Å². The van der Waals surface area contributed by atoms with Crippen LogP contribution in [-0.2, 0) is 4.79 Å². The minimum atomic E-state index is 0.354. The van der Waals surface area contributed by atoms with Gasteiger partial charge in [-0.2, -0.15) is 0 Å². The maximum absolute atomic E-state index is 11.3. The molecular weight excluding hydrogens is 354 g/mol. The summed E-state index contributed by atoms with van der Waals surface area (Å²) < 4.78 is 0.920. The summed E-state index contributed by atoms with van der Waals surface area (Å²) in [5.41, 5.74) is 0. The summed E-state index contributed by atoms with van der Waals surface area (Å²) in [6, 6.07) is 0. The number of rotatable bonds is 2. The van der Waals surface area contributed by atoms with Gasteiger partial charge in [-0.05, 0) is 48.5 Å². The molecule has 1 aliphatic rings. The lowest BCUT2D eigenvalue weighted by Crippen LogP contribution is -2.35. The Morgan fingerprint density at radius 1 is 1.09 bits per heavy atom. The van der Waals surface area contributed by atoms with E-state index in [1.165, 1.54) is 19.3 Å². The van der Waals surface area contributed by atoms with E-state index in [4.69, 9.17) is 0 Å². The van der Waals surface area contributed by atoms with Crippen LogP contribution in [0.25, 0.3) is 0 Å². The lowest BCUT2D eigenvalue weighted by molar-refractivity contribution is -0.132. The molecule has 1 fully saturated rings. The van der Waals surface area contributed by atoms with Gasteiger partial charge in [-0.3, -0.25) is 4.79 Å².